The molecule has 0 aliphatic rings. The van der Waals surface area contributed by atoms with Gasteiger partial charge in [0.05, 0.1) is 18.7 Å². The quantitative estimate of drug-likeness (QED) is 0.627. The smallest absolute Gasteiger partial charge is 0.341 e. The molecule has 2 aromatic heterocycles. The molecular formula is C18H16ClNO4S. The third-order valence-corrected chi connectivity index (χ3v) is 5.51. The minimum Gasteiger partial charge on any atom is -0.465 e. The van der Waals surface area contributed by atoms with Crippen LogP contribution < -0.4 is 0 Å². The molecule has 3 aromatic rings. The standard InChI is InChI=1S/C18H16ClNO4S/c1-10-13(18(22)23-3)8-11(24-10)9-20(2)17(21)16-15(19)12-6-4-5-7-14(12)25-16/h4-8H,9H2,1-3H3. The molecule has 0 saturated carbocycles. The average molecular weight is 378 g/mol. The molecule has 130 valence electrons. The van der Waals surface area contributed by atoms with E-state index in [9.17, 15) is 9.59 Å². The van der Waals surface area contributed by atoms with E-state index in [-0.39, 0.29) is 12.5 Å². The second-order valence-electron chi connectivity index (χ2n) is 5.58. The normalized spacial score (nSPS) is 10.9. The Hall–Kier alpha value is -2.31. The molecule has 25 heavy (non-hydrogen) atoms. The van der Waals surface area contributed by atoms with E-state index in [1.807, 2.05) is 24.3 Å². The van der Waals surface area contributed by atoms with Crippen LogP contribution in [0.5, 0.6) is 0 Å². The van der Waals surface area contributed by atoms with E-state index < -0.39 is 5.97 Å². The van der Waals surface area contributed by atoms with Gasteiger partial charge in [0.25, 0.3) is 5.91 Å². The van der Waals surface area contributed by atoms with Crippen molar-refractivity contribution in [2.24, 2.45) is 0 Å². The van der Waals surface area contributed by atoms with Crippen LogP contribution in [0.3, 0.4) is 0 Å². The van der Waals surface area contributed by atoms with E-state index in [4.69, 9.17) is 20.8 Å². The molecule has 0 fully saturated rings. The lowest BCUT2D eigenvalue weighted by Crippen LogP contribution is -2.25. The molecule has 0 aliphatic heterocycles. The van der Waals surface area contributed by atoms with Crippen molar-refractivity contribution < 1.29 is 18.7 Å². The number of hydrogen-bond acceptors (Lipinski definition) is 5. The number of esters is 1. The molecule has 3 rings (SSSR count). The largest absolute Gasteiger partial charge is 0.465 e. The number of carbonyl (C=O) groups excluding carboxylic acids is 2. The van der Waals surface area contributed by atoms with Crippen LogP contribution in [0.15, 0.2) is 34.7 Å². The number of carbonyl (C=O) groups is 2. The molecule has 0 saturated heterocycles. The number of methoxy groups -OCH3 is 1. The van der Waals surface area contributed by atoms with Gasteiger partial charge in [-0.05, 0) is 19.1 Å². The maximum absolute atomic E-state index is 12.7. The highest BCUT2D eigenvalue weighted by molar-refractivity contribution is 7.21. The first-order valence-corrected chi connectivity index (χ1v) is 8.72. The minimum atomic E-state index is -0.464. The van der Waals surface area contributed by atoms with Crippen LogP contribution in [-0.4, -0.2) is 30.9 Å². The Balaban J connectivity index is 1.83. The number of fused-ring (bicyclic) bond motifs is 1. The Kier molecular flexibility index (Phi) is 4.83. The van der Waals surface area contributed by atoms with Crippen molar-refractivity contribution in [2.75, 3.05) is 14.2 Å². The van der Waals surface area contributed by atoms with Crippen LogP contribution in [0, 0.1) is 6.92 Å². The third-order valence-electron chi connectivity index (χ3n) is 3.84. The maximum atomic E-state index is 12.7. The van der Waals surface area contributed by atoms with Crippen molar-refractivity contribution in [3.8, 4) is 0 Å². The number of nitrogens with zero attached hydrogens (tertiary/aromatic N) is 1. The van der Waals surface area contributed by atoms with Gasteiger partial charge in [0, 0.05) is 17.1 Å². The van der Waals surface area contributed by atoms with E-state index in [0.29, 0.717) is 27.0 Å². The van der Waals surface area contributed by atoms with Gasteiger partial charge < -0.3 is 14.1 Å². The summed E-state index contributed by atoms with van der Waals surface area (Å²) in [6.07, 6.45) is 0. The second-order valence-corrected chi connectivity index (χ2v) is 7.01. The lowest BCUT2D eigenvalue weighted by atomic mass is 10.2. The Bertz CT molecular complexity index is 959. The Labute approximate surface area is 153 Å². The van der Waals surface area contributed by atoms with E-state index in [2.05, 4.69) is 0 Å². The highest BCUT2D eigenvalue weighted by Crippen LogP contribution is 2.36. The van der Waals surface area contributed by atoms with Crippen molar-refractivity contribution in [1.29, 1.82) is 0 Å². The minimum absolute atomic E-state index is 0.195. The second kappa shape index (κ2) is 6.90. The van der Waals surface area contributed by atoms with Crippen molar-refractivity contribution in [3.63, 3.8) is 0 Å². The average Bonchev–Trinajstić information content (AvgIpc) is 3.14. The molecule has 0 bridgehead atoms. The first-order chi connectivity index (χ1) is 11.9. The summed E-state index contributed by atoms with van der Waals surface area (Å²) in [5.74, 6) is 0.308. The zero-order valence-corrected chi connectivity index (χ0v) is 15.5. The van der Waals surface area contributed by atoms with Gasteiger partial charge in [0.2, 0.25) is 0 Å². The molecule has 2 heterocycles. The lowest BCUT2D eigenvalue weighted by Gasteiger charge is -2.14. The van der Waals surface area contributed by atoms with Crippen LogP contribution in [0.4, 0.5) is 0 Å². The Morgan fingerprint density at radius 3 is 2.72 bits per heavy atom. The SMILES string of the molecule is COC(=O)c1cc(CN(C)C(=O)c2sc3ccccc3c2Cl)oc1C. The van der Waals surface area contributed by atoms with Crippen LogP contribution in [0.1, 0.15) is 31.6 Å². The van der Waals surface area contributed by atoms with Gasteiger partial charge in [-0.25, -0.2) is 4.79 Å². The van der Waals surface area contributed by atoms with E-state index >= 15 is 0 Å². The topological polar surface area (TPSA) is 59.8 Å². The number of ether oxygens (including phenoxy) is 1. The molecule has 1 amide bonds. The molecule has 0 radical (unpaired) electrons. The first kappa shape index (κ1) is 17.5. The van der Waals surface area contributed by atoms with Crippen molar-refractivity contribution >= 4 is 44.9 Å². The van der Waals surface area contributed by atoms with Gasteiger partial charge >= 0.3 is 5.97 Å². The van der Waals surface area contributed by atoms with Gasteiger partial charge in [-0.1, -0.05) is 29.8 Å². The number of aryl methyl sites for hydroxylation is 1. The maximum Gasteiger partial charge on any atom is 0.341 e. The predicted molar refractivity (Wildman–Crippen MR) is 97.4 cm³/mol. The summed E-state index contributed by atoms with van der Waals surface area (Å²) >= 11 is 7.73. The number of hydrogen-bond donors (Lipinski definition) is 0. The molecular weight excluding hydrogens is 362 g/mol. The molecule has 5 nitrogen and oxygen atoms in total. The molecule has 0 spiro atoms. The number of halogens is 1. The fraction of sp³-hybridized carbons (Fsp3) is 0.222. The number of thiophene rings is 1. The highest BCUT2D eigenvalue weighted by atomic mass is 35.5. The van der Waals surface area contributed by atoms with Crippen molar-refractivity contribution in [2.45, 2.75) is 13.5 Å². The molecule has 0 atom stereocenters. The lowest BCUT2D eigenvalue weighted by molar-refractivity contribution is 0.0598. The van der Waals surface area contributed by atoms with Gasteiger partial charge in [-0.15, -0.1) is 11.3 Å². The number of furan rings is 1. The van der Waals surface area contributed by atoms with Crippen molar-refractivity contribution in [3.05, 3.63) is 57.3 Å². The summed E-state index contributed by atoms with van der Waals surface area (Å²) in [5.41, 5.74) is 0.359. The summed E-state index contributed by atoms with van der Waals surface area (Å²) in [4.78, 5) is 26.4. The summed E-state index contributed by atoms with van der Waals surface area (Å²) in [6, 6.07) is 9.22. The summed E-state index contributed by atoms with van der Waals surface area (Å²) in [7, 11) is 2.98. The Morgan fingerprint density at radius 1 is 1.32 bits per heavy atom. The molecule has 7 heteroatoms. The molecule has 0 aliphatic carbocycles. The fourth-order valence-electron chi connectivity index (χ4n) is 2.56. The number of benzene rings is 1. The molecule has 1 aromatic carbocycles. The summed E-state index contributed by atoms with van der Waals surface area (Å²) in [6.45, 7) is 1.90. The van der Waals surface area contributed by atoms with E-state index in [1.54, 1.807) is 20.0 Å². The van der Waals surface area contributed by atoms with Gasteiger partial charge in [0.1, 0.15) is 22.0 Å². The predicted octanol–water partition coefficient (Wildman–Crippen LogP) is 4.51. The van der Waals surface area contributed by atoms with E-state index in [1.165, 1.54) is 23.3 Å². The van der Waals surface area contributed by atoms with Crippen LogP contribution in [0.25, 0.3) is 10.1 Å². The summed E-state index contributed by atoms with van der Waals surface area (Å²) in [5, 5.41) is 1.33. The highest BCUT2D eigenvalue weighted by Gasteiger charge is 2.22. The van der Waals surface area contributed by atoms with Gasteiger partial charge in [-0.2, -0.15) is 0 Å². The molecule has 0 N–H and O–H groups in total. The third kappa shape index (κ3) is 3.27. The fourth-order valence-corrected chi connectivity index (χ4v) is 4.07. The summed E-state index contributed by atoms with van der Waals surface area (Å²) < 4.78 is 11.2. The van der Waals surface area contributed by atoms with Gasteiger partial charge in [-0.3, -0.25) is 4.79 Å². The first-order valence-electron chi connectivity index (χ1n) is 7.52. The van der Waals surface area contributed by atoms with Crippen LogP contribution >= 0.6 is 22.9 Å². The number of rotatable bonds is 4. The Morgan fingerprint density at radius 2 is 2.04 bits per heavy atom. The number of amides is 1. The van der Waals surface area contributed by atoms with Crippen LogP contribution in [-0.2, 0) is 11.3 Å². The van der Waals surface area contributed by atoms with Gasteiger partial charge in [0.15, 0.2) is 0 Å². The van der Waals surface area contributed by atoms with Crippen LogP contribution in [0.2, 0.25) is 5.02 Å². The van der Waals surface area contributed by atoms with E-state index in [0.717, 1.165) is 10.1 Å². The molecule has 0 unspecified atom stereocenters. The zero-order chi connectivity index (χ0) is 18.1. The monoisotopic (exact) mass is 377 g/mol. The van der Waals surface area contributed by atoms with Crippen molar-refractivity contribution in [1.82, 2.24) is 4.90 Å². The zero-order valence-electron chi connectivity index (χ0n) is 14.0.